The number of nitrogens with zero attached hydrogens (tertiary/aromatic N) is 3. The summed E-state index contributed by atoms with van der Waals surface area (Å²) >= 11 is 0. The Kier molecular flexibility index (Phi) is 4.85. The molecule has 0 amide bonds. The molecule has 1 aliphatic rings. The molecule has 27 heavy (non-hydrogen) atoms. The van der Waals surface area contributed by atoms with Crippen molar-refractivity contribution in [2.24, 2.45) is 0 Å². The van der Waals surface area contributed by atoms with Gasteiger partial charge in [-0.2, -0.15) is 0 Å². The van der Waals surface area contributed by atoms with Gasteiger partial charge in [-0.15, -0.1) is 5.10 Å². The Bertz CT molecular complexity index is 932. The SMILES string of the molecule is OC[C@@H](O)c1cn(Cc2cc(F)cc3c2OC(c2ccccc2)OC3)nn1. The van der Waals surface area contributed by atoms with Gasteiger partial charge in [0.15, 0.2) is 0 Å². The van der Waals surface area contributed by atoms with Gasteiger partial charge in [-0.1, -0.05) is 35.5 Å². The summed E-state index contributed by atoms with van der Waals surface area (Å²) in [7, 11) is 0. The van der Waals surface area contributed by atoms with Crippen LogP contribution in [0.3, 0.4) is 0 Å². The summed E-state index contributed by atoms with van der Waals surface area (Å²) in [5.41, 5.74) is 2.32. The Labute approximate surface area is 154 Å². The lowest BCUT2D eigenvalue weighted by Crippen LogP contribution is -2.20. The summed E-state index contributed by atoms with van der Waals surface area (Å²) in [5.74, 6) is 0.154. The third kappa shape index (κ3) is 3.68. The normalized spacial score (nSPS) is 17.2. The highest BCUT2D eigenvalue weighted by Gasteiger charge is 2.25. The maximum Gasteiger partial charge on any atom is 0.227 e. The fourth-order valence-electron chi connectivity index (χ4n) is 2.98. The molecule has 0 spiro atoms. The average Bonchev–Trinajstić information content (AvgIpc) is 3.16. The maximum atomic E-state index is 14.0. The lowest BCUT2D eigenvalue weighted by Gasteiger charge is -2.28. The Morgan fingerprint density at radius 3 is 2.85 bits per heavy atom. The molecule has 4 rings (SSSR count). The van der Waals surface area contributed by atoms with Crippen LogP contribution in [-0.2, 0) is 17.9 Å². The third-order valence-corrected chi connectivity index (χ3v) is 4.30. The van der Waals surface area contributed by atoms with Gasteiger partial charge in [0.25, 0.3) is 0 Å². The fourth-order valence-corrected chi connectivity index (χ4v) is 2.98. The molecule has 0 aliphatic carbocycles. The quantitative estimate of drug-likeness (QED) is 0.714. The summed E-state index contributed by atoms with van der Waals surface area (Å²) in [6, 6.07) is 12.3. The molecule has 2 aromatic carbocycles. The van der Waals surface area contributed by atoms with Gasteiger partial charge >= 0.3 is 0 Å². The van der Waals surface area contributed by atoms with Gasteiger partial charge in [-0.25, -0.2) is 9.07 Å². The maximum absolute atomic E-state index is 14.0. The molecule has 0 bridgehead atoms. The number of ether oxygens (including phenoxy) is 2. The van der Waals surface area contributed by atoms with Crippen molar-refractivity contribution in [3.8, 4) is 5.75 Å². The predicted molar refractivity (Wildman–Crippen MR) is 92.2 cm³/mol. The van der Waals surface area contributed by atoms with E-state index in [0.29, 0.717) is 16.9 Å². The van der Waals surface area contributed by atoms with Crippen LogP contribution >= 0.6 is 0 Å². The highest BCUT2D eigenvalue weighted by atomic mass is 19.1. The van der Waals surface area contributed by atoms with Gasteiger partial charge in [-0.3, -0.25) is 0 Å². The Hall–Kier alpha value is -2.81. The molecule has 0 saturated carbocycles. The van der Waals surface area contributed by atoms with E-state index in [1.165, 1.54) is 23.0 Å². The molecule has 140 valence electrons. The molecule has 7 nitrogen and oxygen atoms in total. The third-order valence-electron chi connectivity index (χ3n) is 4.30. The van der Waals surface area contributed by atoms with Gasteiger partial charge in [-0.05, 0) is 12.1 Å². The molecule has 0 saturated heterocycles. The van der Waals surface area contributed by atoms with Crippen molar-refractivity contribution in [3.63, 3.8) is 0 Å². The van der Waals surface area contributed by atoms with E-state index >= 15 is 0 Å². The number of aliphatic hydroxyl groups excluding tert-OH is 2. The monoisotopic (exact) mass is 371 g/mol. The van der Waals surface area contributed by atoms with E-state index in [1.807, 2.05) is 30.3 Å². The van der Waals surface area contributed by atoms with Crippen molar-refractivity contribution in [2.75, 3.05) is 6.61 Å². The molecule has 0 fully saturated rings. The molecule has 1 unspecified atom stereocenters. The van der Waals surface area contributed by atoms with Crippen molar-refractivity contribution in [1.29, 1.82) is 0 Å². The number of rotatable bonds is 5. The van der Waals surface area contributed by atoms with Crippen LogP contribution < -0.4 is 4.74 Å². The molecule has 2 heterocycles. The van der Waals surface area contributed by atoms with Crippen LogP contribution in [0.15, 0.2) is 48.7 Å². The van der Waals surface area contributed by atoms with Crippen LogP contribution in [0.1, 0.15) is 34.8 Å². The largest absolute Gasteiger partial charge is 0.460 e. The van der Waals surface area contributed by atoms with E-state index in [0.717, 1.165) is 5.56 Å². The number of hydrogen-bond acceptors (Lipinski definition) is 6. The standard InChI is InChI=1S/C19H18FN3O4/c20-15-6-13(8-23-9-16(21-22-23)17(25)10-24)18-14(7-15)11-26-19(27-18)12-4-2-1-3-5-12/h1-7,9,17,19,24-25H,8,10-11H2/t17-,19?/m1/s1. The highest BCUT2D eigenvalue weighted by Crippen LogP contribution is 2.36. The first-order valence-corrected chi connectivity index (χ1v) is 8.47. The van der Waals surface area contributed by atoms with Crippen molar-refractivity contribution in [2.45, 2.75) is 25.5 Å². The number of halogens is 1. The first kappa shape index (κ1) is 17.6. The van der Waals surface area contributed by atoms with Crippen molar-refractivity contribution < 1.29 is 24.1 Å². The van der Waals surface area contributed by atoms with Crippen LogP contribution in [-0.4, -0.2) is 31.8 Å². The smallest absolute Gasteiger partial charge is 0.227 e. The van der Waals surface area contributed by atoms with Gasteiger partial charge in [0.1, 0.15) is 23.4 Å². The zero-order valence-corrected chi connectivity index (χ0v) is 14.3. The summed E-state index contributed by atoms with van der Waals surface area (Å²) in [4.78, 5) is 0. The molecule has 0 radical (unpaired) electrons. The zero-order chi connectivity index (χ0) is 18.8. The average molecular weight is 371 g/mol. The predicted octanol–water partition coefficient (Wildman–Crippen LogP) is 2.10. The number of aromatic nitrogens is 3. The second-order valence-electron chi connectivity index (χ2n) is 6.26. The van der Waals surface area contributed by atoms with Gasteiger partial charge in [0.2, 0.25) is 6.29 Å². The molecule has 1 aromatic heterocycles. The molecule has 1 aliphatic heterocycles. The van der Waals surface area contributed by atoms with Crippen LogP contribution in [0.2, 0.25) is 0 Å². The van der Waals surface area contributed by atoms with Gasteiger partial charge < -0.3 is 19.7 Å². The first-order chi connectivity index (χ1) is 13.1. The molecule has 2 atom stereocenters. The fraction of sp³-hybridized carbons (Fsp3) is 0.263. The van der Waals surface area contributed by atoms with E-state index in [-0.39, 0.29) is 18.8 Å². The van der Waals surface area contributed by atoms with Crippen molar-refractivity contribution in [3.05, 3.63) is 76.9 Å². The van der Waals surface area contributed by atoms with Crippen molar-refractivity contribution >= 4 is 0 Å². The van der Waals surface area contributed by atoms with Gasteiger partial charge in [0.05, 0.1) is 26.0 Å². The van der Waals surface area contributed by atoms with Crippen LogP contribution in [0, 0.1) is 5.82 Å². The lowest BCUT2D eigenvalue weighted by molar-refractivity contribution is -0.112. The Balaban J connectivity index is 1.62. The van der Waals surface area contributed by atoms with E-state index in [2.05, 4.69) is 10.3 Å². The van der Waals surface area contributed by atoms with Crippen molar-refractivity contribution in [1.82, 2.24) is 15.0 Å². The lowest BCUT2D eigenvalue weighted by atomic mass is 10.1. The van der Waals surface area contributed by atoms with Crippen LogP contribution in [0.5, 0.6) is 5.75 Å². The molecule has 2 N–H and O–H groups in total. The van der Waals surface area contributed by atoms with E-state index in [9.17, 15) is 9.50 Å². The molecular formula is C19H18FN3O4. The highest BCUT2D eigenvalue weighted by molar-refractivity contribution is 5.43. The minimum Gasteiger partial charge on any atom is -0.460 e. The summed E-state index contributed by atoms with van der Waals surface area (Å²) in [6.07, 6.45) is -0.177. The zero-order valence-electron chi connectivity index (χ0n) is 14.3. The van der Waals surface area contributed by atoms with Crippen LogP contribution in [0.4, 0.5) is 4.39 Å². The first-order valence-electron chi connectivity index (χ1n) is 8.47. The topological polar surface area (TPSA) is 89.6 Å². The second-order valence-corrected chi connectivity index (χ2v) is 6.26. The van der Waals surface area contributed by atoms with Gasteiger partial charge in [0, 0.05) is 16.7 Å². The molecular weight excluding hydrogens is 353 g/mol. The minimum atomic E-state index is -1.10. The Morgan fingerprint density at radius 2 is 2.07 bits per heavy atom. The summed E-state index contributed by atoms with van der Waals surface area (Å²) < 4.78 is 27.2. The number of aliphatic hydroxyl groups is 2. The van der Waals surface area contributed by atoms with Crippen LogP contribution in [0.25, 0.3) is 0 Å². The Morgan fingerprint density at radius 1 is 1.26 bits per heavy atom. The number of hydrogen-bond donors (Lipinski definition) is 2. The minimum absolute atomic E-state index is 0.201. The van der Waals surface area contributed by atoms with E-state index in [4.69, 9.17) is 14.6 Å². The molecule has 3 aromatic rings. The van der Waals surface area contributed by atoms with E-state index < -0.39 is 24.8 Å². The number of benzene rings is 2. The molecule has 8 heteroatoms. The second kappa shape index (κ2) is 7.43. The summed E-state index contributed by atoms with van der Waals surface area (Å²) in [6.45, 7) is -0.0223. The van der Waals surface area contributed by atoms with E-state index in [1.54, 1.807) is 0 Å². The number of fused-ring (bicyclic) bond motifs is 1. The summed E-state index contributed by atoms with van der Waals surface area (Å²) in [5, 5.41) is 26.4.